The van der Waals surface area contributed by atoms with Crippen LogP contribution in [-0.4, -0.2) is 36.0 Å². The molecule has 0 spiro atoms. The third kappa shape index (κ3) is 4.32. The molecule has 1 unspecified atom stereocenters. The predicted molar refractivity (Wildman–Crippen MR) is 63.9 cm³/mol. The molecule has 1 aromatic rings. The van der Waals surface area contributed by atoms with Crippen LogP contribution in [0.15, 0.2) is 12.5 Å². The van der Waals surface area contributed by atoms with E-state index in [1.54, 1.807) is 12.5 Å². The second-order valence-electron chi connectivity index (χ2n) is 4.05. The molecule has 1 heterocycles. The molecule has 0 amide bonds. The lowest BCUT2D eigenvalue weighted by Gasteiger charge is -2.13. The number of hydrogen-bond donors (Lipinski definition) is 1. The van der Waals surface area contributed by atoms with Gasteiger partial charge in [0.05, 0.1) is 17.8 Å². The van der Waals surface area contributed by atoms with E-state index in [0.717, 1.165) is 12.2 Å². The summed E-state index contributed by atoms with van der Waals surface area (Å²) in [6.07, 6.45) is 4.82. The number of imidazole rings is 1. The molecule has 0 radical (unpaired) electrons. The van der Waals surface area contributed by atoms with Crippen LogP contribution < -0.4 is 5.32 Å². The van der Waals surface area contributed by atoms with Crippen molar-refractivity contribution in [2.45, 2.75) is 33.0 Å². The fourth-order valence-corrected chi connectivity index (χ4v) is 2.60. The Balaban J connectivity index is 2.46. The molecule has 0 aliphatic heterocycles. The Morgan fingerprint density at radius 2 is 2.25 bits per heavy atom. The average molecular weight is 245 g/mol. The first kappa shape index (κ1) is 13.2. The number of hydrogen-bond acceptors (Lipinski definition) is 4. The van der Waals surface area contributed by atoms with E-state index >= 15 is 0 Å². The van der Waals surface area contributed by atoms with E-state index in [2.05, 4.69) is 10.3 Å². The molecule has 0 aliphatic rings. The third-order valence-corrected chi connectivity index (χ3v) is 3.43. The average Bonchev–Trinajstić information content (AvgIpc) is 2.59. The Hall–Kier alpha value is -0.880. The van der Waals surface area contributed by atoms with Crippen molar-refractivity contribution in [3.63, 3.8) is 0 Å². The van der Waals surface area contributed by atoms with E-state index in [4.69, 9.17) is 0 Å². The zero-order valence-corrected chi connectivity index (χ0v) is 10.8. The van der Waals surface area contributed by atoms with Gasteiger partial charge in [-0.05, 0) is 13.8 Å². The minimum Gasteiger partial charge on any atom is -0.334 e. The van der Waals surface area contributed by atoms with E-state index in [1.165, 1.54) is 6.26 Å². The molecule has 0 saturated carbocycles. The van der Waals surface area contributed by atoms with Crippen molar-refractivity contribution in [3.8, 4) is 0 Å². The highest BCUT2D eigenvalue weighted by Crippen LogP contribution is 2.00. The third-order valence-electron chi connectivity index (χ3n) is 2.32. The van der Waals surface area contributed by atoms with Gasteiger partial charge in [-0.1, -0.05) is 0 Å². The number of nitrogens with zero attached hydrogens (tertiary/aromatic N) is 2. The number of rotatable bonds is 6. The van der Waals surface area contributed by atoms with E-state index in [-0.39, 0.29) is 11.8 Å². The van der Waals surface area contributed by atoms with E-state index in [9.17, 15) is 8.42 Å². The lowest BCUT2D eigenvalue weighted by Crippen LogP contribution is -2.32. The molecule has 0 aliphatic carbocycles. The molecular weight excluding hydrogens is 226 g/mol. The Morgan fingerprint density at radius 3 is 2.81 bits per heavy atom. The molecule has 92 valence electrons. The van der Waals surface area contributed by atoms with Crippen molar-refractivity contribution in [1.29, 1.82) is 0 Å². The Morgan fingerprint density at radius 1 is 1.56 bits per heavy atom. The molecular formula is C10H19N3O2S. The second-order valence-corrected chi connectivity index (χ2v) is 6.23. The summed E-state index contributed by atoms with van der Waals surface area (Å²) in [6, 6.07) is -0.0461. The molecule has 1 rings (SSSR count). The fraction of sp³-hybridized carbons (Fsp3) is 0.700. The lowest BCUT2D eigenvalue weighted by atomic mass is 10.3. The van der Waals surface area contributed by atoms with Crippen molar-refractivity contribution in [1.82, 2.24) is 14.9 Å². The van der Waals surface area contributed by atoms with E-state index in [0.29, 0.717) is 6.54 Å². The normalized spacial score (nSPS) is 13.9. The first-order chi connectivity index (χ1) is 7.42. The minimum atomic E-state index is -2.91. The van der Waals surface area contributed by atoms with Crippen LogP contribution in [0, 0.1) is 0 Å². The SMILES string of the molecule is CCn1cncc1CNC(C)CS(C)(=O)=O. The largest absolute Gasteiger partial charge is 0.334 e. The van der Waals surface area contributed by atoms with Gasteiger partial charge in [0.25, 0.3) is 0 Å². The molecule has 1 aromatic heterocycles. The highest BCUT2D eigenvalue weighted by atomic mass is 32.2. The van der Waals surface area contributed by atoms with Crippen LogP contribution in [0.4, 0.5) is 0 Å². The molecule has 0 bridgehead atoms. The number of sulfone groups is 1. The van der Waals surface area contributed by atoms with Crippen molar-refractivity contribution in [2.75, 3.05) is 12.0 Å². The number of nitrogens with one attached hydrogen (secondary N) is 1. The minimum absolute atomic E-state index is 0.0461. The van der Waals surface area contributed by atoms with Crippen LogP contribution >= 0.6 is 0 Å². The van der Waals surface area contributed by atoms with E-state index < -0.39 is 9.84 Å². The predicted octanol–water partition coefficient (Wildman–Crippen LogP) is 0.426. The van der Waals surface area contributed by atoms with Gasteiger partial charge < -0.3 is 9.88 Å². The highest BCUT2D eigenvalue weighted by molar-refractivity contribution is 7.90. The van der Waals surface area contributed by atoms with Gasteiger partial charge in [-0.3, -0.25) is 0 Å². The molecule has 1 N–H and O–H groups in total. The summed E-state index contributed by atoms with van der Waals surface area (Å²) in [6.45, 7) is 5.43. The highest BCUT2D eigenvalue weighted by Gasteiger charge is 2.10. The number of aryl methyl sites for hydroxylation is 1. The Bertz CT molecular complexity index is 425. The van der Waals surface area contributed by atoms with Crippen molar-refractivity contribution < 1.29 is 8.42 Å². The molecule has 16 heavy (non-hydrogen) atoms. The van der Waals surface area contributed by atoms with Crippen molar-refractivity contribution in [3.05, 3.63) is 18.2 Å². The van der Waals surface area contributed by atoms with Gasteiger partial charge in [0.15, 0.2) is 0 Å². The monoisotopic (exact) mass is 245 g/mol. The molecule has 0 fully saturated rings. The van der Waals surface area contributed by atoms with Gasteiger partial charge in [-0.2, -0.15) is 0 Å². The van der Waals surface area contributed by atoms with E-state index in [1.807, 2.05) is 18.4 Å². The first-order valence-electron chi connectivity index (χ1n) is 5.32. The quantitative estimate of drug-likeness (QED) is 0.789. The lowest BCUT2D eigenvalue weighted by molar-refractivity contribution is 0.545. The van der Waals surface area contributed by atoms with Gasteiger partial charge >= 0.3 is 0 Å². The van der Waals surface area contributed by atoms with Crippen molar-refractivity contribution >= 4 is 9.84 Å². The summed E-state index contributed by atoms with van der Waals surface area (Å²) >= 11 is 0. The van der Waals surface area contributed by atoms with Crippen LogP contribution in [0.1, 0.15) is 19.5 Å². The van der Waals surface area contributed by atoms with Crippen LogP contribution in [0.5, 0.6) is 0 Å². The maximum Gasteiger partial charge on any atom is 0.148 e. The first-order valence-corrected chi connectivity index (χ1v) is 7.38. The molecule has 0 aromatic carbocycles. The maximum absolute atomic E-state index is 11.1. The molecule has 5 nitrogen and oxygen atoms in total. The van der Waals surface area contributed by atoms with Crippen molar-refractivity contribution in [2.24, 2.45) is 0 Å². The summed E-state index contributed by atoms with van der Waals surface area (Å²) in [5, 5.41) is 3.18. The second kappa shape index (κ2) is 5.45. The van der Waals surface area contributed by atoms with Gasteiger partial charge in [0, 0.05) is 31.6 Å². The van der Waals surface area contributed by atoms with Crippen LogP contribution in [-0.2, 0) is 22.9 Å². The summed E-state index contributed by atoms with van der Waals surface area (Å²) in [7, 11) is -2.91. The number of aromatic nitrogens is 2. The summed E-state index contributed by atoms with van der Waals surface area (Å²) in [5.41, 5.74) is 1.07. The standard InChI is InChI=1S/C10H19N3O2S/c1-4-13-8-11-5-10(13)6-12-9(2)7-16(3,14)15/h5,8-9,12H,4,6-7H2,1-3H3. The van der Waals surface area contributed by atoms with Gasteiger partial charge in [0.1, 0.15) is 9.84 Å². The summed E-state index contributed by atoms with van der Waals surface area (Å²) in [5.74, 6) is 0.160. The molecule has 1 atom stereocenters. The van der Waals surface area contributed by atoms with Gasteiger partial charge in [-0.15, -0.1) is 0 Å². The topological polar surface area (TPSA) is 64.0 Å². The van der Waals surface area contributed by atoms with Crippen LogP contribution in [0.2, 0.25) is 0 Å². The summed E-state index contributed by atoms with van der Waals surface area (Å²) in [4.78, 5) is 4.05. The zero-order valence-electron chi connectivity index (χ0n) is 9.97. The Labute approximate surface area is 96.8 Å². The zero-order chi connectivity index (χ0) is 12.2. The van der Waals surface area contributed by atoms with Crippen LogP contribution in [0.25, 0.3) is 0 Å². The van der Waals surface area contributed by atoms with Gasteiger partial charge in [-0.25, -0.2) is 13.4 Å². The smallest absolute Gasteiger partial charge is 0.148 e. The Kier molecular flexibility index (Phi) is 4.49. The molecule has 0 saturated heterocycles. The van der Waals surface area contributed by atoms with Crippen LogP contribution in [0.3, 0.4) is 0 Å². The van der Waals surface area contributed by atoms with Gasteiger partial charge in [0.2, 0.25) is 0 Å². The summed E-state index contributed by atoms with van der Waals surface area (Å²) < 4.78 is 24.2. The fourth-order valence-electron chi connectivity index (χ4n) is 1.57. The maximum atomic E-state index is 11.1. The molecule has 6 heteroatoms.